The maximum Gasteiger partial charge on any atom is 0.318 e. The van der Waals surface area contributed by atoms with E-state index in [1.165, 1.54) is 4.90 Å². The topological polar surface area (TPSA) is 79.3 Å². The lowest BCUT2D eigenvalue weighted by atomic mass is 10.1. The maximum atomic E-state index is 13.1. The molecule has 0 atom stereocenters. The summed E-state index contributed by atoms with van der Waals surface area (Å²) in [7, 11) is 0. The third kappa shape index (κ3) is 7.09. The van der Waals surface area contributed by atoms with E-state index in [1.807, 2.05) is 83.3 Å². The minimum atomic E-state index is -0.407. The third-order valence-corrected chi connectivity index (χ3v) is 5.04. The highest BCUT2D eigenvalue weighted by molar-refractivity contribution is 6.30. The number of imidazole rings is 1. The van der Waals surface area contributed by atoms with Crippen molar-refractivity contribution < 1.29 is 9.59 Å². The first-order valence-electron chi connectivity index (χ1n) is 11.3. The van der Waals surface area contributed by atoms with Crippen molar-refractivity contribution in [3.05, 3.63) is 65.8 Å². The molecule has 0 aliphatic heterocycles. The van der Waals surface area contributed by atoms with Gasteiger partial charge in [-0.2, -0.15) is 0 Å². The summed E-state index contributed by atoms with van der Waals surface area (Å²) in [6.45, 7) is 10.1. The molecule has 1 heterocycles. The molecule has 7 nitrogen and oxygen atoms in total. The van der Waals surface area contributed by atoms with Crippen molar-refractivity contribution in [1.29, 1.82) is 0 Å². The van der Waals surface area contributed by atoms with Crippen LogP contribution in [0.2, 0.25) is 5.02 Å². The van der Waals surface area contributed by atoms with Crippen LogP contribution in [0.15, 0.2) is 60.8 Å². The van der Waals surface area contributed by atoms with Crippen molar-refractivity contribution in [1.82, 2.24) is 19.8 Å². The van der Waals surface area contributed by atoms with Gasteiger partial charge in [0.1, 0.15) is 6.54 Å². The van der Waals surface area contributed by atoms with Crippen LogP contribution >= 0.6 is 11.6 Å². The van der Waals surface area contributed by atoms with E-state index in [1.54, 1.807) is 16.7 Å². The molecule has 0 saturated carbocycles. The zero-order valence-corrected chi connectivity index (χ0v) is 21.1. The molecule has 180 valence electrons. The fraction of sp³-hybridized carbons (Fsp3) is 0.346. The van der Waals surface area contributed by atoms with E-state index in [-0.39, 0.29) is 24.4 Å². The lowest BCUT2D eigenvalue weighted by Crippen LogP contribution is -2.51. The second-order valence-corrected chi connectivity index (χ2v) is 10.1. The van der Waals surface area contributed by atoms with Crippen molar-refractivity contribution in [3.63, 3.8) is 0 Å². The number of halogens is 1. The number of nitrogens with zero attached hydrogens (tertiary/aromatic N) is 3. The van der Waals surface area contributed by atoms with Crippen LogP contribution in [0.25, 0.3) is 16.9 Å². The Kier molecular flexibility index (Phi) is 7.99. The molecule has 3 amide bonds. The van der Waals surface area contributed by atoms with E-state index in [9.17, 15) is 9.59 Å². The largest absolute Gasteiger partial charge is 0.333 e. The Morgan fingerprint density at radius 3 is 2.41 bits per heavy atom. The molecule has 0 radical (unpaired) electrons. The lowest BCUT2D eigenvalue weighted by Gasteiger charge is -2.29. The van der Waals surface area contributed by atoms with E-state index >= 15 is 0 Å². The van der Waals surface area contributed by atoms with Crippen molar-refractivity contribution in [2.24, 2.45) is 5.92 Å². The zero-order valence-electron chi connectivity index (χ0n) is 20.3. The van der Waals surface area contributed by atoms with Crippen LogP contribution in [-0.2, 0) is 4.79 Å². The van der Waals surface area contributed by atoms with Crippen molar-refractivity contribution in [3.8, 4) is 16.9 Å². The fourth-order valence-corrected chi connectivity index (χ4v) is 3.62. The monoisotopic (exact) mass is 481 g/mol. The molecule has 0 saturated heterocycles. The van der Waals surface area contributed by atoms with Gasteiger partial charge in [0.05, 0.1) is 5.69 Å². The molecule has 1 aromatic heterocycles. The van der Waals surface area contributed by atoms with Crippen LogP contribution in [0, 0.1) is 5.92 Å². The van der Waals surface area contributed by atoms with E-state index in [2.05, 4.69) is 15.6 Å². The smallest absolute Gasteiger partial charge is 0.318 e. The number of hydrogen-bond acceptors (Lipinski definition) is 3. The number of rotatable bonds is 7. The molecule has 0 bridgehead atoms. The number of anilines is 1. The average Bonchev–Trinajstić information content (AvgIpc) is 3.16. The number of benzene rings is 2. The molecule has 3 aromatic rings. The van der Waals surface area contributed by atoms with Gasteiger partial charge in [0.2, 0.25) is 11.9 Å². The van der Waals surface area contributed by atoms with Crippen LogP contribution in [0.3, 0.4) is 0 Å². The number of carbonyl (C=O) groups excluding carboxylic acids is 2. The minimum Gasteiger partial charge on any atom is -0.333 e. The number of aromatic nitrogens is 2. The Balaban J connectivity index is 1.88. The molecule has 0 spiro atoms. The van der Waals surface area contributed by atoms with Crippen LogP contribution in [0.1, 0.15) is 34.6 Å². The molecular formula is C26H32ClN5O2. The Labute approximate surface area is 206 Å². The predicted molar refractivity (Wildman–Crippen MR) is 137 cm³/mol. The molecule has 8 heteroatoms. The lowest BCUT2D eigenvalue weighted by molar-refractivity contribution is -0.116. The highest BCUT2D eigenvalue weighted by atomic mass is 35.5. The van der Waals surface area contributed by atoms with E-state index in [4.69, 9.17) is 11.6 Å². The highest BCUT2D eigenvalue weighted by Gasteiger charge is 2.23. The number of nitrogens with one attached hydrogen (secondary N) is 2. The SMILES string of the molecule is CC(C)CN(CC(=O)Nc1nc(-c2ccccc2)cn1-c1cccc(Cl)c1)C(=O)NC(C)(C)C. The first kappa shape index (κ1) is 25.3. The highest BCUT2D eigenvalue weighted by Crippen LogP contribution is 2.25. The quantitative estimate of drug-likeness (QED) is 0.461. The summed E-state index contributed by atoms with van der Waals surface area (Å²) in [6.07, 6.45) is 1.86. The molecule has 0 fully saturated rings. The van der Waals surface area contributed by atoms with Crippen molar-refractivity contribution in [2.75, 3.05) is 18.4 Å². The van der Waals surface area contributed by atoms with Crippen LogP contribution in [0.4, 0.5) is 10.7 Å². The van der Waals surface area contributed by atoms with Gasteiger partial charge in [-0.15, -0.1) is 0 Å². The van der Waals surface area contributed by atoms with Gasteiger partial charge < -0.3 is 10.2 Å². The Morgan fingerprint density at radius 1 is 1.09 bits per heavy atom. The summed E-state index contributed by atoms with van der Waals surface area (Å²) in [6, 6.07) is 16.8. The summed E-state index contributed by atoms with van der Waals surface area (Å²) in [5, 5.41) is 6.40. The number of amides is 3. The second-order valence-electron chi connectivity index (χ2n) is 9.67. The summed E-state index contributed by atoms with van der Waals surface area (Å²) in [5.74, 6) is 0.224. The van der Waals surface area contributed by atoms with Gasteiger partial charge >= 0.3 is 6.03 Å². The van der Waals surface area contributed by atoms with Crippen molar-refractivity contribution in [2.45, 2.75) is 40.2 Å². The van der Waals surface area contributed by atoms with E-state index < -0.39 is 5.54 Å². The molecule has 2 aromatic carbocycles. The summed E-state index contributed by atoms with van der Waals surface area (Å²) in [5.41, 5.74) is 1.99. The van der Waals surface area contributed by atoms with Gasteiger partial charge in [-0.25, -0.2) is 9.78 Å². The normalized spacial score (nSPS) is 11.4. The van der Waals surface area contributed by atoms with Gasteiger partial charge in [0.15, 0.2) is 0 Å². The van der Waals surface area contributed by atoms with E-state index in [0.29, 0.717) is 23.2 Å². The first-order valence-corrected chi connectivity index (χ1v) is 11.7. The zero-order chi connectivity index (χ0) is 24.9. The van der Waals surface area contributed by atoms with Gasteiger partial charge in [-0.3, -0.25) is 14.7 Å². The van der Waals surface area contributed by atoms with Crippen LogP contribution in [-0.4, -0.2) is 45.0 Å². The number of urea groups is 1. The van der Waals surface area contributed by atoms with Gasteiger partial charge in [-0.1, -0.05) is 61.8 Å². The average molecular weight is 482 g/mol. The Bertz CT molecular complexity index is 1140. The first-order chi connectivity index (χ1) is 16.0. The minimum absolute atomic E-state index is 0.0941. The van der Waals surface area contributed by atoms with Gasteiger partial charge in [-0.05, 0) is 44.9 Å². The Hall–Kier alpha value is -3.32. The molecule has 0 aliphatic carbocycles. The summed E-state index contributed by atoms with van der Waals surface area (Å²) >= 11 is 6.21. The third-order valence-electron chi connectivity index (χ3n) is 4.80. The van der Waals surface area contributed by atoms with Crippen molar-refractivity contribution >= 4 is 29.5 Å². The van der Waals surface area contributed by atoms with Crippen LogP contribution < -0.4 is 10.6 Å². The summed E-state index contributed by atoms with van der Waals surface area (Å²) in [4.78, 5) is 32.0. The standard InChI is InChI=1S/C26H32ClN5O2/c1-18(2)15-31(25(34)30-26(3,4)5)17-23(33)29-24-28-22(19-10-7-6-8-11-19)16-32(24)21-13-9-12-20(27)14-21/h6-14,16,18H,15,17H2,1-5H3,(H,30,34)(H,28,29,33). The molecule has 2 N–H and O–H groups in total. The number of hydrogen-bond donors (Lipinski definition) is 2. The molecule has 3 rings (SSSR count). The van der Waals surface area contributed by atoms with Gasteiger partial charge in [0.25, 0.3) is 0 Å². The van der Waals surface area contributed by atoms with Crippen LogP contribution in [0.5, 0.6) is 0 Å². The predicted octanol–water partition coefficient (Wildman–Crippen LogP) is 5.60. The molecule has 0 unspecified atom stereocenters. The molecular weight excluding hydrogens is 450 g/mol. The van der Waals surface area contributed by atoms with Gasteiger partial charge in [0, 0.05) is 34.6 Å². The van der Waals surface area contributed by atoms with E-state index in [0.717, 1.165) is 11.3 Å². The summed E-state index contributed by atoms with van der Waals surface area (Å²) < 4.78 is 1.79. The molecule has 0 aliphatic rings. The second kappa shape index (κ2) is 10.7. The number of carbonyl (C=O) groups is 2. The maximum absolute atomic E-state index is 13.1. The molecule has 34 heavy (non-hydrogen) atoms. The fourth-order valence-electron chi connectivity index (χ4n) is 3.44. The Morgan fingerprint density at radius 2 is 1.79 bits per heavy atom.